The molecule has 0 unspecified atom stereocenters. The summed E-state index contributed by atoms with van der Waals surface area (Å²) >= 11 is 3.43. The predicted octanol–water partition coefficient (Wildman–Crippen LogP) is 3.75. The summed E-state index contributed by atoms with van der Waals surface area (Å²) in [6.45, 7) is 6.73. The van der Waals surface area contributed by atoms with E-state index in [-0.39, 0.29) is 5.95 Å². The van der Waals surface area contributed by atoms with Gasteiger partial charge in [0.1, 0.15) is 10.2 Å². The highest BCUT2D eigenvalue weighted by molar-refractivity contribution is 9.10. The van der Waals surface area contributed by atoms with Gasteiger partial charge >= 0.3 is 6.09 Å². The molecule has 0 aliphatic carbocycles. The van der Waals surface area contributed by atoms with Crippen molar-refractivity contribution in [1.29, 1.82) is 0 Å². The molecule has 3 aromatic heterocycles. The molecular formula is C19H23BrN6O2. The number of nitrogens with two attached hydrogens (primary N) is 1. The minimum atomic E-state index is -0.506. The van der Waals surface area contributed by atoms with E-state index in [9.17, 15) is 4.79 Å². The van der Waals surface area contributed by atoms with Crippen molar-refractivity contribution in [3.8, 4) is 11.3 Å². The molecule has 0 saturated carbocycles. The number of pyridine rings is 1. The fraction of sp³-hybridized carbons (Fsp3) is 0.368. The van der Waals surface area contributed by atoms with Crippen molar-refractivity contribution in [3.63, 3.8) is 0 Å². The molecule has 0 bridgehead atoms. The third-order valence-electron chi connectivity index (χ3n) is 3.93. The highest BCUT2D eigenvalue weighted by Gasteiger charge is 2.16. The van der Waals surface area contributed by atoms with Gasteiger partial charge in [-0.1, -0.05) is 0 Å². The van der Waals surface area contributed by atoms with Crippen LogP contribution < -0.4 is 11.1 Å². The average molecular weight is 447 g/mol. The van der Waals surface area contributed by atoms with E-state index in [1.807, 2.05) is 45.3 Å². The Kier molecular flexibility index (Phi) is 5.83. The smallest absolute Gasteiger partial charge is 0.407 e. The highest BCUT2D eigenvalue weighted by atomic mass is 79.9. The quantitative estimate of drug-likeness (QED) is 0.456. The Morgan fingerprint density at radius 1 is 1.36 bits per heavy atom. The van der Waals surface area contributed by atoms with E-state index in [4.69, 9.17) is 10.5 Å². The van der Waals surface area contributed by atoms with Crippen LogP contribution in [0.2, 0.25) is 0 Å². The molecule has 28 heavy (non-hydrogen) atoms. The zero-order valence-electron chi connectivity index (χ0n) is 16.1. The van der Waals surface area contributed by atoms with E-state index < -0.39 is 11.7 Å². The average Bonchev–Trinajstić information content (AvgIpc) is 2.95. The minimum Gasteiger partial charge on any atom is -0.444 e. The number of ether oxygens (including phenoxy) is 1. The van der Waals surface area contributed by atoms with Crippen LogP contribution in [-0.4, -0.2) is 37.8 Å². The first kappa shape index (κ1) is 20.1. The molecule has 3 heterocycles. The van der Waals surface area contributed by atoms with Crippen LogP contribution in [0.1, 0.15) is 27.2 Å². The standard InChI is InChI=1S/C19H23BrN6O2/c1-19(2,3)28-18(27)23-6-4-8-26-11-13(14-5-7-22-17(21)25-14)12-9-16(20)24-10-15(12)26/h5,7,9-11H,4,6,8H2,1-3H3,(H,23,27)(H2,21,22,25). The Morgan fingerprint density at radius 3 is 2.86 bits per heavy atom. The van der Waals surface area contributed by atoms with Crippen molar-refractivity contribution < 1.29 is 9.53 Å². The molecule has 0 spiro atoms. The lowest BCUT2D eigenvalue weighted by molar-refractivity contribution is 0.0527. The second-order valence-electron chi connectivity index (χ2n) is 7.34. The topological polar surface area (TPSA) is 108 Å². The van der Waals surface area contributed by atoms with Gasteiger partial charge in [0.25, 0.3) is 0 Å². The van der Waals surface area contributed by atoms with Gasteiger partial charge in [0, 0.05) is 36.4 Å². The van der Waals surface area contributed by atoms with Crippen LogP contribution in [0.3, 0.4) is 0 Å². The highest BCUT2D eigenvalue weighted by Crippen LogP contribution is 2.31. The van der Waals surface area contributed by atoms with Crippen LogP contribution in [0.25, 0.3) is 22.2 Å². The first-order chi connectivity index (χ1) is 13.2. The molecule has 3 rings (SSSR count). The first-order valence-corrected chi connectivity index (χ1v) is 9.72. The molecule has 0 fully saturated rings. The lowest BCUT2D eigenvalue weighted by Gasteiger charge is -2.19. The number of hydrogen-bond donors (Lipinski definition) is 2. The maximum absolute atomic E-state index is 11.8. The molecule has 0 aliphatic heterocycles. The van der Waals surface area contributed by atoms with Gasteiger partial charge in [-0.3, -0.25) is 0 Å². The fourth-order valence-electron chi connectivity index (χ4n) is 2.83. The molecule has 0 atom stereocenters. The van der Waals surface area contributed by atoms with E-state index in [1.165, 1.54) is 0 Å². The zero-order valence-corrected chi connectivity index (χ0v) is 17.7. The van der Waals surface area contributed by atoms with Crippen molar-refractivity contribution in [3.05, 3.63) is 35.3 Å². The number of nitrogens with one attached hydrogen (secondary N) is 1. The number of carbonyl (C=O) groups is 1. The Labute approximate surface area is 171 Å². The molecule has 0 radical (unpaired) electrons. The molecule has 0 aromatic carbocycles. The van der Waals surface area contributed by atoms with Gasteiger partial charge in [0.05, 0.1) is 17.4 Å². The van der Waals surface area contributed by atoms with Gasteiger partial charge in [-0.05, 0) is 55.3 Å². The van der Waals surface area contributed by atoms with E-state index >= 15 is 0 Å². The molecular weight excluding hydrogens is 424 g/mol. The van der Waals surface area contributed by atoms with Crippen molar-refractivity contribution in [2.24, 2.45) is 0 Å². The zero-order chi connectivity index (χ0) is 20.3. The summed E-state index contributed by atoms with van der Waals surface area (Å²) < 4.78 is 8.09. The number of anilines is 1. The van der Waals surface area contributed by atoms with E-state index in [1.54, 1.807) is 6.20 Å². The third kappa shape index (κ3) is 4.98. The molecule has 148 valence electrons. The second-order valence-corrected chi connectivity index (χ2v) is 8.16. The lowest BCUT2D eigenvalue weighted by Crippen LogP contribution is -2.33. The van der Waals surface area contributed by atoms with Gasteiger partial charge in [-0.2, -0.15) is 0 Å². The number of nitrogen functional groups attached to an aromatic ring is 1. The predicted molar refractivity (Wildman–Crippen MR) is 112 cm³/mol. The van der Waals surface area contributed by atoms with Crippen LogP contribution >= 0.6 is 15.9 Å². The van der Waals surface area contributed by atoms with Crippen LogP contribution in [-0.2, 0) is 11.3 Å². The number of amides is 1. The number of aryl methyl sites for hydroxylation is 1. The molecule has 0 saturated heterocycles. The van der Waals surface area contributed by atoms with Gasteiger partial charge < -0.3 is 20.4 Å². The van der Waals surface area contributed by atoms with Gasteiger partial charge in [-0.15, -0.1) is 0 Å². The summed E-state index contributed by atoms with van der Waals surface area (Å²) in [6, 6.07) is 3.78. The number of hydrogen-bond acceptors (Lipinski definition) is 6. The number of alkyl carbamates (subject to hydrolysis) is 1. The molecule has 1 amide bonds. The Hall–Kier alpha value is -2.68. The van der Waals surface area contributed by atoms with E-state index in [0.29, 0.717) is 13.1 Å². The number of rotatable bonds is 5. The molecule has 8 nitrogen and oxygen atoms in total. The maximum Gasteiger partial charge on any atom is 0.407 e. The van der Waals surface area contributed by atoms with Crippen molar-refractivity contribution >= 4 is 38.9 Å². The summed E-state index contributed by atoms with van der Waals surface area (Å²) in [4.78, 5) is 24.4. The van der Waals surface area contributed by atoms with E-state index in [2.05, 4.69) is 40.8 Å². The summed E-state index contributed by atoms with van der Waals surface area (Å²) in [5, 5.41) is 3.79. The Bertz CT molecular complexity index is 996. The summed E-state index contributed by atoms with van der Waals surface area (Å²) in [5.74, 6) is 0.230. The van der Waals surface area contributed by atoms with Crippen molar-refractivity contribution in [1.82, 2.24) is 24.8 Å². The lowest BCUT2D eigenvalue weighted by atomic mass is 10.1. The van der Waals surface area contributed by atoms with Gasteiger partial charge in [0.15, 0.2) is 0 Å². The first-order valence-electron chi connectivity index (χ1n) is 8.93. The Morgan fingerprint density at radius 2 is 2.14 bits per heavy atom. The molecule has 9 heteroatoms. The maximum atomic E-state index is 11.8. The number of fused-ring (bicyclic) bond motifs is 1. The molecule has 3 aromatic rings. The third-order valence-corrected chi connectivity index (χ3v) is 4.36. The normalized spacial score (nSPS) is 11.6. The van der Waals surface area contributed by atoms with Crippen molar-refractivity contribution in [2.75, 3.05) is 12.3 Å². The second kappa shape index (κ2) is 8.14. The van der Waals surface area contributed by atoms with Crippen molar-refractivity contribution in [2.45, 2.75) is 39.3 Å². The van der Waals surface area contributed by atoms with E-state index in [0.717, 1.165) is 33.2 Å². The number of nitrogens with zero attached hydrogens (tertiary/aromatic N) is 4. The van der Waals surface area contributed by atoms with Crippen LogP contribution in [0.15, 0.2) is 35.3 Å². The monoisotopic (exact) mass is 446 g/mol. The SMILES string of the molecule is CC(C)(C)OC(=O)NCCCn1cc(-c2ccnc(N)n2)c2cc(Br)ncc21. The van der Waals surface area contributed by atoms with Crippen LogP contribution in [0.5, 0.6) is 0 Å². The van der Waals surface area contributed by atoms with Crippen LogP contribution in [0, 0.1) is 0 Å². The minimum absolute atomic E-state index is 0.230. The summed E-state index contributed by atoms with van der Waals surface area (Å²) in [6.07, 6.45) is 5.81. The number of aromatic nitrogens is 4. The summed E-state index contributed by atoms with van der Waals surface area (Å²) in [5.41, 5.74) is 7.92. The molecule has 0 aliphatic rings. The fourth-order valence-corrected chi connectivity index (χ4v) is 3.16. The largest absolute Gasteiger partial charge is 0.444 e. The van der Waals surface area contributed by atoms with Gasteiger partial charge in [0.2, 0.25) is 5.95 Å². The Balaban J connectivity index is 1.76. The van der Waals surface area contributed by atoms with Gasteiger partial charge in [-0.25, -0.2) is 19.7 Å². The number of halogens is 1. The summed E-state index contributed by atoms with van der Waals surface area (Å²) in [7, 11) is 0. The van der Waals surface area contributed by atoms with Crippen LogP contribution in [0.4, 0.5) is 10.7 Å². The number of carbonyl (C=O) groups excluding carboxylic acids is 1. The molecule has 3 N–H and O–H groups in total.